The first-order valence-corrected chi connectivity index (χ1v) is 5.41. The molecule has 1 aliphatic heterocycles. The van der Waals surface area contributed by atoms with Crippen molar-refractivity contribution >= 4 is 0 Å². The fraction of sp³-hybridized carbons (Fsp3) is 1.00. The standard InChI is InChI=1S/C11H23NO/c1-7(2)12-6-11-8(3)9(4)13-10(11)5/h7-12H,6H2,1-5H3. The Hall–Kier alpha value is -0.0800. The molecule has 4 unspecified atom stereocenters. The Bertz CT molecular complexity index is 158. The van der Waals surface area contributed by atoms with Crippen LogP contribution in [0.4, 0.5) is 0 Å². The molecule has 0 aliphatic carbocycles. The third-order valence-corrected chi connectivity index (χ3v) is 3.21. The molecule has 1 aliphatic rings. The van der Waals surface area contributed by atoms with Gasteiger partial charge in [0.15, 0.2) is 0 Å². The van der Waals surface area contributed by atoms with Crippen molar-refractivity contribution in [2.24, 2.45) is 11.8 Å². The summed E-state index contributed by atoms with van der Waals surface area (Å²) in [4.78, 5) is 0. The molecule has 4 atom stereocenters. The summed E-state index contributed by atoms with van der Waals surface area (Å²) in [6, 6.07) is 0.579. The van der Waals surface area contributed by atoms with Crippen molar-refractivity contribution in [3.05, 3.63) is 0 Å². The highest BCUT2D eigenvalue weighted by Gasteiger charge is 2.36. The molecule has 0 aromatic heterocycles. The number of nitrogens with one attached hydrogen (secondary N) is 1. The number of hydrogen-bond acceptors (Lipinski definition) is 2. The predicted octanol–water partition coefficient (Wildman–Crippen LogP) is 2.04. The van der Waals surface area contributed by atoms with Gasteiger partial charge < -0.3 is 10.1 Å². The fourth-order valence-corrected chi connectivity index (χ4v) is 2.06. The van der Waals surface area contributed by atoms with Gasteiger partial charge in [-0.2, -0.15) is 0 Å². The van der Waals surface area contributed by atoms with Gasteiger partial charge in [-0.05, 0) is 19.8 Å². The van der Waals surface area contributed by atoms with E-state index in [9.17, 15) is 0 Å². The van der Waals surface area contributed by atoms with Crippen molar-refractivity contribution in [3.8, 4) is 0 Å². The van der Waals surface area contributed by atoms with Gasteiger partial charge in [-0.15, -0.1) is 0 Å². The lowest BCUT2D eigenvalue weighted by molar-refractivity contribution is 0.0510. The van der Waals surface area contributed by atoms with Crippen molar-refractivity contribution in [2.45, 2.75) is 52.9 Å². The zero-order chi connectivity index (χ0) is 10.0. The zero-order valence-corrected chi connectivity index (χ0v) is 9.50. The second kappa shape index (κ2) is 4.43. The maximum atomic E-state index is 5.78. The molecule has 1 N–H and O–H groups in total. The van der Waals surface area contributed by atoms with Crippen LogP contribution in [0.3, 0.4) is 0 Å². The maximum absolute atomic E-state index is 5.78. The third kappa shape index (κ3) is 2.68. The fourth-order valence-electron chi connectivity index (χ4n) is 2.06. The van der Waals surface area contributed by atoms with Crippen LogP contribution in [-0.4, -0.2) is 24.8 Å². The molecule has 1 heterocycles. The molecule has 1 fully saturated rings. The second-order valence-electron chi connectivity index (χ2n) is 4.63. The van der Waals surface area contributed by atoms with Crippen LogP contribution in [0.2, 0.25) is 0 Å². The Morgan fingerprint density at radius 2 is 1.77 bits per heavy atom. The molecule has 13 heavy (non-hydrogen) atoms. The molecule has 0 spiro atoms. The Kier molecular flexibility index (Phi) is 3.74. The molecule has 0 aromatic rings. The second-order valence-corrected chi connectivity index (χ2v) is 4.63. The Labute approximate surface area is 82.0 Å². The molecule has 2 heteroatoms. The van der Waals surface area contributed by atoms with E-state index in [1.54, 1.807) is 0 Å². The minimum atomic E-state index is 0.413. The molecule has 0 bridgehead atoms. The van der Waals surface area contributed by atoms with E-state index in [0.29, 0.717) is 30.1 Å². The molecule has 1 rings (SSSR count). The molecule has 0 aromatic carbocycles. The summed E-state index contributed by atoms with van der Waals surface area (Å²) < 4.78 is 5.78. The summed E-state index contributed by atoms with van der Waals surface area (Å²) in [5.41, 5.74) is 0. The lowest BCUT2D eigenvalue weighted by Gasteiger charge is -2.20. The predicted molar refractivity (Wildman–Crippen MR) is 55.8 cm³/mol. The van der Waals surface area contributed by atoms with Crippen molar-refractivity contribution in [1.82, 2.24) is 5.32 Å². The first kappa shape index (κ1) is 11.0. The monoisotopic (exact) mass is 185 g/mol. The van der Waals surface area contributed by atoms with Crippen LogP contribution in [0.5, 0.6) is 0 Å². The number of ether oxygens (including phenoxy) is 1. The van der Waals surface area contributed by atoms with E-state index in [1.165, 1.54) is 0 Å². The summed E-state index contributed by atoms with van der Waals surface area (Å²) in [5.74, 6) is 1.36. The SMILES string of the molecule is CC(C)NCC1C(C)OC(C)C1C. The van der Waals surface area contributed by atoms with E-state index >= 15 is 0 Å². The Morgan fingerprint density at radius 1 is 1.15 bits per heavy atom. The van der Waals surface area contributed by atoms with E-state index in [1.807, 2.05) is 0 Å². The topological polar surface area (TPSA) is 21.3 Å². The van der Waals surface area contributed by atoms with Crippen molar-refractivity contribution < 1.29 is 4.74 Å². The van der Waals surface area contributed by atoms with Crippen molar-refractivity contribution in [2.75, 3.05) is 6.54 Å². The summed E-state index contributed by atoms with van der Waals surface area (Å²) in [6.07, 6.45) is 0.838. The highest BCUT2D eigenvalue weighted by molar-refractivity contribution is 4.85. The molecular weight excluding hydrogens is 162 g/mol. The van der Waals surface area contributed by atoms with E-state index in [4.69, 9.17) is 4.74 Å². The summed E-state index contributed by atoms with van der Waals surface area (Å²) in [5, 5.41) is 3.49. The van der Waals surface area contributed by atoms with Crippen LogP contribution >= 0.6 is 0 Å². The van der Waals surface area contributed by atoms with E-state index in [-0.39, 0.29) is 0 Å². The van der Waals surface area contributed by atoms with Crippen LogP contribution < -0.4 is 5.32 Å². The van der Waals surface area contributed by atoms with Gasteiger partial charge in [0.2, 0.25) is 0 Å². The summed E-state index contributed by atoms with van der Waals surface area (Å²) >= 11 is 0. The normalized spacial score (nSPS) is 40.2. The molecule has 2 nitrogen and oxygen atoms in total. The van der Waals surface area contributed by atoms with Gasteiger partial charge in [0.05, 0.1) is 12.2 Å². The molecule has 0 saturated carbocycles. The highest BCUT2D eigenvalue weighted by atomic mass is 16.5. The molecule has 78 valence electrons. The quantitative estimate of drug-likeness (QED) is 0.726. The zero-order valence-electron chi connectivity index (χ0n) is 9.50. The molecule has 1 saturated heterocycles. The lowest BCUT2D eigenvalue weighted by Crippen LogP contribution is -2.34. The number of hydrogen-bond donors (Lipinski definition) is 1. The molecular formula is C11H23NO. The van der Waals surface area contributed by atoms with Gasteiger partial charge in [0.1, 0.15) is 0 Å². The molecule has 0 amide bonds. The van der Waals surface area contributed by atoms with Gasteiger partial charge in [0, 0.05) is 18.5 Å². The summed E-state index contributed by atoms with van der Waals surface area (Å²) in [6.45, 7) is 12.1. The highest BCUT2D eigenvalue weighted by Crippen LogP contribution is 2.31. The smallest absolute Gasteiger partial charge is 0.0594 e. The van der Waals surface area contributed by atoms with Crippen LogP contribution in [0, 0.1) is 11.8 Å². The van der Waals surface area contributed by atoms with E-state index in [0.717, 1.165) is 6.54 Å². The minimum Gasteiger partial charge on any atom is -0.375 e. The average molecular weight is 185 g/mol. The van der Waals surface area contributed by atoms with E-state index in [2.05, 4.69) is 39.9 Å². The molecule has 0 radical (unpaired) electrons. The third-order valence-electron chi connectivity index (χ3n) is 3.21. The van der Waals surface area contributed by atoms with Crippen molar-refractivity contribution in [3.63, 3.8) is 0 Å². The van der Waals surface area contributed by atoms with Crippen LogP contribution in [0.1, 0.15) is 34.6 Å². The van der Waals surface area contributed by atoms with Crippen molar-refractivity contribution in [1.29, 1.82) is 0 Å². The average Bonchev–Trinajstić information content (AvgIpc) is 2.24. The minimum absolute atomic E-state index is 0.413. The van der Waals surface area contributed by atoms with Crippen LogP contribution in [0.25, 0.3) is 0 Å². The van der Waals surface area contributed by atoms with Gasteiger partial charge in [-0.1, -0.05) is 20.8 Å². The van der Waals surface area contributed by atoms with Gasteiger partial charge >= 0.3 is 0 Å². The Balaban J connectivity index is 2.39. The first-order chi connectivity index (χ1) is 6.02. The number of rotatable bonds is 3. The Morgan fingerprint density at radius 3 is 2.15 bits per heavy atom. The van der Waals surface area contributed by atoms with Gasteiger partial charge in [-0.3, -0.25) is 0 Å². The lowest BCUT2D eigenvalue weighted by atomic mass is 9.89. The first-order valence-electron chi connectivity index (χ1n) is 5.41. The van der Waals surface area contributed by atoms with Crippen LogP contribution in [-0.2, 0) is 4.74 Å². The maximum Gasteiger partial charge on any atom is 0.0594 e. The van der Waals surface area contributed by atoms with E-state index < -0.39 is 0 Å². The van der Waals surface area contributed by atoms with Gasteiger partial charge in [0.25, 0.3) is 0 Å². The van der Waals surface area contributed by atoms with Crippen LogP contribution in [0.15, 0.2) is 0 Å². The van der Waals surface area contributed by atoms with Gasteiger partial charge in [-0.25, -0.2) is 0 Å². The largest absolute Gasteiger partial charge is 0.375 e. The summed E-state index contributed by atoms with van der Waals surface area (Å²) in [7, 11) is 0.